The number of esters is 3. The van der Waals surface area contributed by atoms with Crippen molar-refractivity contribution in [2.45, 2.75) is 239 Å². The Morgan fingerprint density at radius 3 is 1.12 bits per heavy atom. The first-order valence-corrected chi connectivity index (χ1v) is 26.3. The lowest BCUT2D eigenvalue weighted by atomic mass is 10.1. The Hall–Kier alpha value is -3.67. The first kappa shape index (κ1) is 60.3. The lowest BCUT2D eigenvalue weighted by molar-refractivity contribution is -0.167. The Balaban J connectivity index is 4.45. The average Bonchev–Trinajstić information content (AvgIpc) is 3.29. The molecule has 0 aromatic heterocycles. The van der Waals surface area contributed by atoms with Crippen LogP contribution in [0, 0.1) is 0 Å². The molecule has 0 N–H and O–H groups in total. The molecule has 0 rings (SSSR count). The normalized spacial score (nSPS) is 12.9. The van der Waals surface area contributed by atoms with Gasteiger partial charge in [0.1, 0.15) is 13.2 Å². The van der Waals surface area contributed by atoms with E-state index < -0.39 is 6.10 Å². The molecule has 0 saturated carbocycles. The Labute approximate surface area is 394 Å². The number of hydrogen-bond acceptors (Lipinski definition) is 6. The number of hydrogen-bond donors (Lipinski definition) is 0. The van der Waals surface area contributed by atoms with E-state index in [9.17, 15) is 14.4 Å². The van der Waals surface area contributed by atoms with Crippen LogP contribution in [0.5, 0.6) is 0 Å². The van der Waals surface area contributed by atoms with Gasteiger partial charge in [-0.05, 0) is 103 Å². The van der Waals surface area contributed by atoms with E-state index in [1.807, 2.05) is 0 Å². The van der Waals surface area contributed by atoms with Crippen molar-refractivity contribution in [3.8, 4) is 0 Å². The number of carbonyl (C=O) groups excluding carboxylic acids is 3. The minimum absolute atomic E-state index is 0.0950. The van der Waals surface area contributed by atoms with E-state index in [1.54, 1.807) is 0 Å². The van der Waals surface area contributed by atoms with Crippen LogP contribution in [0.15, 0.2) is 97.2 Å². The topological polar surface area (TPSA) is 78.9 Å². The van der Waals surface area contributed by atoms with E-state index in [4.69, 9.17) is 14.2 Å². The Morgan fingerprint density at radius 1 is 0.344 bits per heavy atom. The van der Waals surface area contributed by atoms with Gasteiger partial charge in [0.25, 0.3) is 0 Å². The van der Waals surface area contributed by atoms with E-state index in [2.05, 4.69) is 118 Å². The third kappa shape index (κ3) is 49.3. The second kappa shape index (κ2) is 52.0. The second-order valence-electron chi connectivity index (χ2n) is 17.1. The van der Waals surface area contributed by atoms with Gasteiger partial charge in [-0.15, -0.1) is 0 Å². The summed E-state index contributed by atoms with van der Waals surface area (Å²) in [7, 11) is 0. The zero-order chi connectivity index (χ0) is 46.5. The maximum atomic E-state index is 12.8. The Morgan fingerprint density at radius 2 is 0.688 bits per heavy atom. The molecule has 64 heavy (non-hydrogen) atoms. The SMILES string of the molecule is CC/C=C/C=C/C=C/CCCCCCCC(=O)OCC(COC(=O)CCCCCCCCC/C=C/C/C=C/CCCCC)OC(=O)CCCCCCCC/C=C/C/C=C/C/C=C/CC. The minimum atomic E-state index is -0.797. The zero-order valence-corrected chi connectivity index (χ0v) is 41.5. The van der Waals surface area contributed by atoms with E-state index >= 15 is 0 Å². The maximum Gasteiger partial charge on any atom is 0.306 e. The number of carbonyl (C=O) groups is 3. The summed E-state index contributed by atoms with van der Waals surface area (Å²) < 4.78 is 16.8. The molecule has 0 aliphatic heterocycles. The molecule has 0 aromatic rings. The minimum Gasteiger partial charge on any atom is -0.462 e. The van der Waals surface area contributed by atoms with Gasteiger partial charge in [0.15, 0.2) is 6.10 Å². The summed E-state index contributed by atoms with van der Waals surface area (Å²) in [6, 6.07) is 0. The van der Waals surface area contributed by atoms with Gasteiger partial charge in [-0.1, -0.05) is 208 Å². The highest BCUT2D eigenvalue weighted by atomic mass is 16.6. The van der Waals surface area contributed by atoms with Crippen LogP contribution in [0.2, 0.25) is 0 Å². The van der Waals surface area contributed by atoms with Crippen LogP contribution in [0.3, 0.4) is 0 Å². The van der Waals surface area contributed by atoms with Crippen LogP contribution in [0.1, 0.15) is 233 Å². The predicted octanol–water partition coefficient (Wildman–Crippen LogP) is 17.4. The smallest absolute Gasteiger partial charge is 0.306 e. The van der Waals surface area contributed by atoms with Crippen molar-refractivity contribution in [3.63, 3.8) is 0 Å². The van der Waals surface area contributed by atoms with Crippen molar-refractivity contribution < 1.29 is 28.6 Å². The van der Waals surface area contributed by atoms with Gasteiger partial charge in [0.05, 0.1) is 0 Å². The third-order valence-electron chi connectivity index (χ3n) is 10.9. The standard InChI is InChI=1S/C58H96O6/c1-4-7-10-13-16-19-22-25-27-29-31-33-36-39-42-45-48-51-57(60)63-54-55(53-62-56(59)50-47-44-41-38-35-32-24-21-18-15-12-9-6-3)64-58(61)52-49-46-43-40-37-34-30-28-26-23-20-17-14-11-8-5-2/h8-9,11-12,15-21,24-28,55H,4-7,10,13-14,22-23,29-54H2,1-3H3/b11-8+,12-9+,18-15+,19-16+,20-17+,24-21+,27-25+,28-26+. The Bertz CT molecular complexity index is 1300. The maximum absolute atomic E-state index is 12.8. The van der Waals surface area contributed by atoms with Crippen molar-refractivity contribution in [2.24, 2.45) is 0 Å². The van der Waals surface area contributed by atoms with Gasteiger partial charge < -0.3 is 14.2 Å². The molecule has 0 aromatic carbocycles. The summed E-state index contributed by atoms with van der Waals surface area (Å²) in [5, 5.41) is 0. The fourth-order valence-electron chi connectivity index (χ4n) is 6.96. The Kier molecular flexibility index (Phi) is 49.0. The number of allylic oxidation sites excluding steroid dienone is 16. The number of ether oxygens (including phenoxy) is 3. The van der Waals surface area contributed by atoms with Crippen LogP contribution in [0.25, 0.3) is 0 Å². The first-order chi connectivity index (χ1) is 31.5. The molecule has 1 atom stereocenters. The average molecular weight is 889 g/mol. The molecule has 0 radical (unpaired) electrons. The number of rotatable bonds is 46. The molecular weight excluding hydrogens is 793 g/mol. The van der Waals surface area contributed by atoms with E-state index in [-0.39, 0.29) is 31.1 Å². The molecule has 0 fully saturated rings. The molecular formula is C58H96O6. The molecule has 0 aliphatic carbocycles. The monoisotopic (exact) mass is 889 g/mol. The fourth-order valence-corrected chi connectivity index (χ4v) is 6.96. The highest BCUT2D eigenvalue weighted by molar-refractivity contribution is 5.71. The van der Waals surface area contributed by atoms with Crippen molar-refractivity contribution in [2.75, 3.05) is 13.2 Å². The summed E-state index contributed by atoms with van der Waals surface area (Å²) in [4.78, 5) is 38.0. The highest BCUT2D eigenvalue weighted by Gasteiger charge is 2.19. The third-order valence-corrected chi connectivity index (χ3v) is 10.9. The van der Waals surface area contributed by atoms with Gasteiger partial charge in [0.2, 0.25) is 0 Å². The molecule has 0 spiro atoms. The number of unbranched alkanes of at least 4 members (excludes halogenated alkanes) is 21. The van der Waals surface area contributed by atoms with Gasteiger partial charge >= 0.3 is 17.9 Å². The van der Waals surface area contributed by atoms with E-state index in [0.29, 0.717) is 19.3 Å². The van der Waals surface area contributed by atoms with Crippen LogP contribution >= 0.6 is 0 Å². The predicted molar refractivity (Wildman–Crippen MR) is 274 cm³/mol. The molecule has 6 nitrogen and oxygen atoms in total. The van der Waals surface area contributed by atoms with Gasteiger partial charge in [0, 0.05) is 19.3 Å². The van der Waals surface area contributed by atoms with Gasteiger partial charge in [-0.2, -0.15) is 0 Å². The quantitative estimate of drug-likeness (QED) is 0.0199. The van der Waals surface area contributed by atoms with Crippen molar-refractivity contribution in [1.82, 2.24) is 0 Å². The molecule has 6 heteroatoms. The van der Waals surface area contributed by atoms with Gasteiger partial charge in [-0.3, -0.25) is 14.4 Å². The molecule has 0 bridgehead atoms. The molecule has 0 heterocycles. The fraction of sp³-hybridized carbons (Fsp3) is 0.672. The van der Waals surface area contributed by atoms with Crippen molar-refractivity contribution in [3.05, 3.63) is 97.2 Å². The molecule has 0 aliphatic rings. The second-order valence-corrected chi connectivity index (χ2v) is 17.1. The summed E-state index contributed by atoms with van der Waals surface area (Å²) in [5.74, 6) is -0.938. The van der Waals surface area contributed by atoms with Gasteiger partial charge in [-0.25, -0.2) is 0 Å². The van der Waals surface area contributed by atoms with Crippen LogP contribution < -0.4 is 0 Å². The van der Waals surface area contributed by atoms with Crippen molar-refractivity contribution in [1.29, 1.82) is 0 Å². The van der Waals surface area contributed by atoms with Crippen molar-refractivity contribution >= 4 is 17.9 Å². The lowest BCUT2D eigenvalue weighted by Gasteiger charge is -2.18. The van der Waals surface area contributed by atoms with Crippen LogP contribution in [-0.4, -0.2) is 37.2 Å². The molecule has 0 saturated heterocycles. The highest BCUT2D eigenvalue weighted by Crippen LogP contribution is 2.14. The summed E-state index contributed by atoms with van der Waals surface area (Å²) in [6.45, 7) is 6.33. The van der Waals surface area contributed by atoms with Crippen LogP contribution in [-0.2, 0) is 28.6 Å². The van der Waals surface area contributed by atoms with Crippen LogP contribution in [0.4, 0.5) is 0 Å². The summed E-state index contributed by atoms with van der Waals surface area (Å²) >= 11 is 0. The summed E-state index contributed by atoms with van der Waals surface area (Å²) in [6.07, 6.45) is 68.1. The van der Waals surface area contributed by atoms with E-state index in [1.165, 1.54) is 64.2 Å². The molecule has 364 valence electrons. The first-order valence-electron chi connectivity index (χ1n) is 26.3. The van der Waals surface area contributed by atoms with E-state index in [0.717, 1.165) is 128 Å². The molecule has 1 unspecified atom stereocenters. The largest absolute Gasteiger partial charge is 0.462 e. The lowest BCUT2D eigenvalue weighted by Crippen LogP contribution is -2.30. The molecule has 0 amide bonds. The zero-order valence-electron chi connectivity index (χ0n) is 41.5. The summed E-state index contributed by atoms with van der Waals surface area (Å²) in [5.41, 5.74) is 0.